The average molecular weight is 320 g/mol. The predicted molar refractivity (Wildman–Crippen MR) is 94.6 cm³/mol. The quantitative estimate of drug-likeness (QED) is 0.516. The molecule has 3 rings (SSSR count). The maximum absolute atomic E-state index is 12.2. The third kappa shape index (κ3) is 3.60. The topological polar surface area (TPSA) is 42.9 Å². The summed E-state index contributed by atoms with van der Waals surface area (Å²) < 4.78 is 0. The number of rotatable bonds is 4. The van der Waals surface area contributed by atoms with Crippen LogP contribution < -0.4 is 0 Å². The van der Waals surface area contributed by atoms with Crippen molar-refractivity contribution in [3.8, 4) is 10.7 Å². The Bertz CT molecular complexity index is 866. The molecule has 23 heavy (non-hydrogen) atoms. The van der Waals surface area contributed by atoms with Crippen molar-refractivity contribution in [1.82, 2.24) is 9.97 Å². The smallest absolute Gasteiger partial charge is 0.185 e. The molecule has 2 heterocycles. The molecule has 0 aliphatic rings. The number of nitrogens with zero attached hydrogens (tertiary/aromatic N) is 2. The number of thiazole rings is 1. The molecular formula is C19H16N2OS. The number of allylic oxidation sites excluding steroid dienone is 1. The lowest BCUT2D eigenvalue weighted by atomic mass is 10.0. The Morgan fingerprint density at radius 1 is 1.13 bits per heavy atom. The van der Waals surface area contributed by atoms with Crippen LogP contribution in [0.25, 0.3) is 16.8 Å². The molecule has 0 radical (unpaired) electrons. The minimum absolute atomic E-state index is 0.0134. The first-order chi connectivity index (χ1) is 11.1. The Labute approximate surface area is 139 Å². The molecule has 0 unspecified atom stereocenters. The van der Waals surface area contributed by atoms with Crippen molar-refractivity contribution in [2.24, 2.45) is 0 Å². The normalized spacial score (nSPS) is 11.0. The third-order valence-electron chi connectivity index (χ3n) is 3.60. The van der Waals surface area contributed by atoms with Crippen molar-refractivity contribution in [3.63, 3.8) is 0 Å². The van der Waals surface area contributed by atoms with Gasteiger partial charge in [0, 0.05) is 17.1 Å². The van der Waals surface area contributed by atoms with Gasteiger partial charge in [-0.3, -0.25) is 9.78 Å². The van der Waals surface area contributed by atoms with E-state index < -0.39 is 0 Å². The number of hydrogen-bond acceptors (Lipinski definition) is 4. The molecule has 0 N–H and O–H groups in total. The van der Waals surface area contributed by atoms with Crippen molar-refractivity contribution in [2.45, 2.75) is 13.8 Å². The van der Waals surface area contributed by atoms with E-state index in [1.54, 1.807) is 18.3 Å². The third-order valence-corrected chi connectivity index (χ3v) is 4.49. The van der Waals surface area contributed by atoms with Crippen LogP contribution in [0.2, 0.25) is 0 Å². The summed E-state index contributed by atoms with van der Waals surface area (Å²) in [6.07, 6.45) is 5.07. The fourth-order valence-electron chi connectivity index (χ4n) is 2.12. The van der Waals surface area contributed by atoms with Crippen LogP contribution in [-0.2, 0) is 0 Å². The van der Waals surface area contributed by atoms with Crippen LogP contribution in [-0.4, -0.2) is 15.8 Å². The second kappa shape index (κ2) is 6.67. The Balaban J connectivity index is 1.76. The summed E-state index contributed by atoms with van der Waals surface area (Å²) in [6, 6.07) is 11.5. The fraction of sp³-hybridized carbons (Fsp3) is 0.105. The number of carbonyl (C=O) groups excluding carboxylic acids is 1. The summed E-state index contributed by atoms with van der Waals surface area (Å²) in [5.74, 6) is -0.0134. The maximum Gasteiger partial charge on any atom is 0.185 e. The highest BCUT2D eigenvalue weighted by Gasteiger charge is 2.06. The van der Waals surface area contributed by atoms with E-state index in [4.69, 9.17) is 0 Å². The van der Waals surface area contributed by atoms with Gasteiger partial charge in [-0.15, -0.1) is 11.3 Å². The molecule has 0 bridgehead atoms. The molecule has 0 fully saturated rings. The van der Waals surface area contributed by atoms with E-state index in [9.17, 15) is 4.79 Å². The molecule has 3 aromatic rings. The molecular weight excluding hydrogens is 304 g/mol. The van der Waals surface area contributed by atoms with Crippen LogP contribution in [0.15, 0.2) is 54.1 Å². The molecule has 0 spiro atoms. The molecule has 1 aromatic carbocycles. The van der Waals surface area contributed by atoms with Gasteiger partial charge in [0.25, 0.3) is 0 Å². The standard InChI is InChI=1S/C19H16N2OS/c1-13-6-7-15(11-14(13)2)18(22)9-8-16-12-23-19(21-16)17-5-3-4-10-20-17/h3-12H,1-2H3. The zero-order valence-electron chi connectivity index (χ0n) is 13.0. The molecule has 0 saturated heterocycles. The lowest BCUT2D eigenvalue weighted by Crippen LogP contribution is -1.95. The lowest BCUT2D eigenvalue weighted by Gasteiger charge is -2.01. The first kappa shape index (κ1) is 15.3. The van der Waals surface area contributed by atoms with E-state index >= 15 is 0 Å². The highest BCUT2D eigenvalue weighted by Crippen LogP contribution is 2.22. The van der Waals surface area contributed by atoms with Gasteiger partial charge in [-0.05, 0) is 55.3 Å². The molecule has 114 valence electrons. The highest BCUT2D eigenvalue weighted by atomic mass is 32.1. The average Bonchev–Trinajstić information content (AvgIpc) is 3.05. The largest absolute Gasteiger partial charge is 0.289 e. The Hall–Kier alpha value is -2.59. The van der Waals surface area contributed by atoms with Gasteiger partial charge in [0.2, 0.25) is 0 Å². The van der Waals surface area contributed by atoms with Gasteiger partial charge in [-0.1, -0.05) is 18.2 Å². The number of hydrogen-bond donors (Lipinski definition) is 0. The molecule has 0 atom stereocenters. The van der Waals surface area contributed by atoms with Crippen molar-refractivity contribution >= 4 is 23.2 Å². The summed E-state index contributed by atoms with van der Waals surface area (Å²) in [4.78, 5) is 21.0. The predicted octanol–water partition coefficient (Wildman–Crippen LogP) is 4.72. The van der Waals surface area contributed by atoms with E-state index in [-0.39, 0.29) is 5.78 Å². The van der Waals surface area contributed by atoms with Crippen LogP contribution in [0.1, 0.15) is 27.2 Å². The van der Waals surface area contributed by atoms with Crippen LogP contribution in [0.3, 0.4) is 0 Å². The number of benzene rings is 1. The number of aryl methyl sites for hydroxylation is 2. The molecule has 0 aliphatic heterocycles. The first-order valence-electron chi connectivity index (χ1n) is 7.30. The highest BCUT2D eigenvalue weighted by molar-refractivity contribution is 7.13. The summed E-state index contributed by atoms with van der Waals surface area (Å²) in [5, 5.41) is 2.78. The van der Waals surface area contributed by atoms with Gasteiger partial charge in [0.15, 0.2) is 5.78 Å². The lowest BCUT2D eigenvalue weighted by molar-refractivity contribution is 0.104. The Kier molecular flexibility index (Phi) is 4.44. The minimum Gasteiger partial charge on any atom is -0.289 e. The van der Waals surface area contributed by atoms with Crippen molar-refractivity contribution in [2.75, 3.05) is 0 Å². The van der Waals surface area contributed by atoms with E-state index in [0.29, 0.717) is 5.56 Å². The van der Waals surface area contributed by atoms with Crippen molar-refractivity contribution < 1.29 is 4.79 Å². The summed E-state index contributed by atoms with van der Waals surface area (Å²) in [5.41, 5.74) is 4.62. The van der Waals surface area contributed by atoms with E-state index in [2.05, 4.69) is 9.97 Å². The molecule has 4 heteroatoms. The summed E-state index contributed by atoms with van der Waals surface area (Å²) >= 11 is 1.52. The van der Waals surface area contributed by atoms with Crippen molar-refractivity contribution in [3.05, 3.63) is 76.4 Å². The van der Waals surface area contributed by atoms with Crippen LogP contribution in [0, 0.1) is 13.8 Å². The molecule has 0 aliphatic carbocycles. The number of carbonyl (C=O) groups is 1. The van der Waals surface area contributed by atoms with Gasteiger partial charge in [0.05, 0.1) is 11.4 Å². The number of ketones is 1. The zero-order valence-corrected chi connectivity index (χ0v) is 13.8. The van der Waals surface area contributed by atoms with Gasteiger partial charge in [-0.2, -0.15) is 0 Å². The van der Waals surface area contributed by atoms with Gasteiger partial charge in [0.1, 0.15) is 5.01 Å². The number of pyridine rings is 1. The van der Waals surface area contributed by atoms with E-state index in [1.165, 1.54) is 16.9 Å². The maximum atomic E-state index is 12.2. The first-order valence-corrected chi connectivity index (χ1v) is 8.18. The van der Waals surface area contributed by atoms with Gasteiger partial charge >= 0.3 is 0 Å². The van der Waals surface area contributed by atoms with Crippen LogP contribution in [0.5, 0.6) is 0 Å². The number of aromatic nitrogens is 2. The van der Waals surface area contributed by atoms with Crippen molar-refractivity contribution in [1.29, 1.82) is 0 Å². The van der Waals surface area contributed by atoms with E-state index in [0.717, 1.165) is 22.0 Å². The monoisotopic (exact) mass is 320 g/mol. The summed E-state index contributed by atoms with van der Waals surface area (Å²) in [6.45, 7) is 4.04. The SMILES string of the molecule is Cc1ccc(C(=O)C=Cc2csc(-c3ccccn3)n2)cc1C. The zero-order chi connectivity index (χ0) is 16.2. The molecule has 3 nitrogen and oxygen atoms in total. The molecule has 2 aromatic heterocycles. The molecule has 0 saturated carbocycles. The van der Waals surface area contributed by atoms with E-state index in [1.807, 2.05) is 55.6 Å². The van der Waals surface area contributed by atoms with Gasteiger partial charge < -0.3 is 0 Å². The van der Waals surface area contributed by atoms with Crippen LogP contribution in [0.4, 0.5) is 0 Å². The Morgan fingerprint density at radius 3 is 2.74 bits per heavy atom. The molecule has 0 amide bonds. The van der Waals surface area contributed by atoms with Crippen LogP contribution >= 0.6 is 11.3 Å². The van der Waals surface area contributed by atoms with Gasteiger partial charge in [-0.25, -0.2) is 4.98 Å². The summed E-state index contributed by atoms with van der Waals surface area (Å²) in [7, 11) is 0. The second-order valence-corrected chi connectivity index (χ2v) is 6.15. The minimum atomic E-state index is -0.0134. The Morgan fingerprint density at radius 2 is 2.00 bits per heavy atom. The second-order valence-electron chi connectivity index (χ2n) is 5.29. The fourth-order valence-corrected chi connectivity index (χ4v) is 2.88.